The van der Waals surface area contributed by atoms with Gasteiger partial charge >= 0.3 is 0 Å². The van der Waals surface area contributed by atoms with Crippen LogP contribution < -0.4 is 17.2 Å². The fourth-order valence-corrected chi connectivity index (χ4v) is 4.14. The molecule has 7 heteroatoms. The predicted octanol–water partition coefficient (Wildman–Crippen LogP) is 7.35. The number of nitrogens with zero attached hydrogens (tertiary/aromatic N) is 3. The normalized spacial score (nSPS) is 15.1. The highest BCUT2D eigenvalue weighted by atomic mass is 16.2. The van der Waals surface area contributed by atoms with Gasteiger partial charge in [0.25, 0.3) is 0 Å². The molecule has 2 aromatic rings. The molecular weight excluding hydrogens is 484 g/mol. The van der Waals surface area contributed by atoms with E-state index < -0.39 is 0 Å². The molecule has 0 bridgehead atoms. The van der Waals surface area contributed by atoms with Gasteiger partial charge in [0.2, 0.25) is 0 Å². The number of pyridine rings is 2. The van der Waals surface area contributed by atoms with Crippen LogP contribution in [-0.4, -0.2) is 39.6 Å². The van der Waals surface area contributed by atoms with Gasteiger partial charge in [0.05, 0.1) is 29.0 Å². The topological polar surface area (TPSA) is 122 Å². The SMILES string of the molecule is C=C(C)/C=C(\C(C)=C/C)c1ccc(/C(N)=C/O)nc1.C=C=C(CN1CC(C)(C)C1)Nc1cnc(C)c(C)c1.N.[HH]. The summed E-state index contributed by atoms with van der Waals surface area (Å²) in [5, 5.41) is 12.2. The van der Waals surface area contributed by atoms with Gasteiger partial charge in [-0.05, 0) is 68.9 Å². The lowest BCUT2D eigenvalue weighted by Gasteiger charge is -2.46. The second kappa shape index (κ2) is 14.9. The highest BCUT2D eigenvalue weighted by Gasteiger charge is 2.34. The minimum Gasteiger partial charge on any atom is -0.513 e. The van der Waals surface area contributed by atoms with Crippen LogP contribution in [-0.2, 0) is 0 Å². The van der Waals surface area contributed by atoms with Crippen molar-refractivity contribution < 1.29 is 6.53 Å². The van der Waals surface area contributed by atoms with E-state index in [1.54, 1.807) is 12.3 Å². The summed E-state index contributed by atoms with van der Waals surface area (Å²) >= 11 is 0. The minimum absolute atomic E-state index is 0. The molecule has 1 fully saturated rings. The van der Waals surface area contributed by atoms with Crippen LogP contribution >= 0.6 is 0 Å². The molecule has 0 unspecified atom stereocenters. The summed E-state index contributed by atoms with van der Waals surface area (Å²) in [6.45, 7) is 25.5. The second-order valence-corrected chi connectivity index (χ2v) is 10.6. The monoisotopic (exact) mass is 532 g/mol. The van der Waals surface area contributed by atoms with Crippen molar-refractivity contribution in [3.8, 4) is 0 Å². The Morgan fingerprint density at radius 3 is 2.36 bits per heavy atom. The smallest absolute Gasteiger partial charge is 0.104 e. The van der Waals surface area contributed by atoms with Crippen molar-refractivity contribution in [2.75, 3.05) is 25.0 Å². The number of aliphatic hydroxyl groups excluding tert-OH is 1. The number of nitrogens with two attached hydrogens (primary N) is 1. The molecule has 0 aromatic carbocycles. The summed E-state index contributed by atoms with van der Waals surface area (Å²) in [6.07, 6.45) is 8.53. The highest BCUT2D eigenvalue weighted by molar-refractivity contribution is 5.80. The van der Waals surface area contributed by atoms with E-state index in [1.807, 2.05) is 52.1 Å². The van der Waals surface area contributed by atoms with Gasteiger partial charge in [-0.2, -0.15) is 0 Å². The Morgan fingerprint density at radius 2 is 1.90 bits per heavy atom. The molecule has 3 heterocycles. The van der Waals surface area contributed by atoms with Crippen molar-refractivity contribution in [3.63, 3.8) is 0 Å². The van der Waals surface area contributed by atoms with Crippen LogP contribution in [0, 0.1) is 19.3 Å². The maximum absolute atomic E-state index is 8.85. The van der Waals surface area contributed by atoms with Gasteiger partial charge in [0.15, 0.2) is 0 Å². The van der Waals surface area contributed by atoms with Crippen LogP contribution in [0.3, 0.4) is 0 Å². The summed E-state index contributed by atoms with van der Waals surface area (Å²) in [7, 11) is 0. The maximum Gasteiger partial charge on any atom is 0.104 e. The summed E-state index contributed by atoms with van der Waals surface area (Å²) in [5.41, 5.74) is 18.3. The van der Waals surface area contributed by atoms with Crippen LogP contribution in [0.1, 0.15) is 58.6 Å². The highest BCUT2D eigenvalue weighted by Crippen LogP contribution is 2.29. The van der Waals surface area contributed by atoms with Crippen LogP contribution in [0.25, 0.3) is 11.3 Å². The zero-order chi connectivity index (χ0) is 28.5. The van der Waals surface area contributed by atoms with Crippen LogP contribution in [0.2, 0.25) is 0 Å². The van der Waals surface area contributed by atoms with Crippen LogP contribution in [0.5, 0.6) is 0 Å². The van der Waals surface area contributed by atoms with Gasteiger partial charge in [-0.15, -0.1) is 5.73 Å². The van der Waals surface area contributed by atoms with Gasteiger partial charge in [-0.3, -0.25) is 14.9 Å². The molecule has 1 aliphatic rings. The van der Waals surface area contributed by atoms with E-state index in [2.05, 4.69) is 65.9 Å². The van der Waals surface area contributed by atoms with Gasteiger partial charge in [0, 0.05) is 38.5 Å². The zero-order valence-electron chi connectivity index (χ0n) is 24.7. The number of aryl methyl sites for hydroxylation is 2. The third kappa shape index (κ3) is 10.1. The van der Waals surface area contributed by atoms with Gasteiger partial charge < -0.3 is 22.3 Å². The summed E-state index contributed by atoms with van der Waals surface area (Å²) < 4.78 is 0. The number of likely N-dealkylation sites (tertiary alicyclic amines) is 1. The van der Waals surface area contributed by atoms with E-state index in [0.717, 1.165) is 65.3 Å². The van der Waals surface area contributed by atoms with Crippen molar-refractivity contribution in [2.45, 2.75) is 48.5 Å². The Morgan fingerprint density at radius 1 is 1.23 bits per heavy atom. The van der Waals surface area contributed by atoms with E-state index in [-0.39, 0.29) is 13.3 Å². The molecule has 3 rings (SSSR count). The van der Waals surface area contributed by atoms with Crippen molar-refractivity contribution in [3.05, 3.63) is 107 Å². The average Bonchev–Trinajstić information content (AvgIpc) is 2.87. The van der Waals surface area contributed by atoms with E-state index in [0.29, 0.717) is 11.1 Å². The lowest BCUT2D eigenvalue weighted by Crippen LogP contribution is -2.53. The quantitative estimate of drug-likeness (QED) is 0.159. The summed E-state index contributed by atoms with van der Waals surface area (Å²) in [6, 6.07) is 5.83. The van der Waals surface area contributed by atoms with Crippen molar-refractivity contribution in [1.29, 1.82) is 0 Å². The standard InChI is InChI=1S/C16H23N3.C16H20N2O.H3N.H2/c1-6-14(9-19-10-16(4,5)11-19)18-15-7-12(2)13(3)17-8-15;1-5-12(4)14(8-11(2)3)13-6-7-16(18-9-13)15(17)10-19;;/h7-8,18H,1,9-11H2,2-5H3;5-10,19H,2,17H2,1,3-4H3;1H3;1H/b;12-5-,14-8+,15-10-;;. The molecule has 0 saturated carbocycles. The Bertz CT molecular complexity index is 1280. The average molecular weight is 533 g/mol. The Hall–Kier alpha value is -3.90. The first kappa shape index (κ1) is 33.1. The molecule has 2 aromatic heterocycles. The van der Waals surface area contributed by atoms with E-state index >= 15 is 0 Å². The lowest BCUT2D eigenvalue weighted by atomic mass is 9.84. The fraction of sp³-hybridized carbons (Fsp3) is 0.344. The van der Waals surface area contributed by atoms with Crippen LogP contribution in [0.4, 0.5) is 5.69 Å². The van der Waals surface area contributed by atoms with Gasteiger partial charge in [-0.25, -0.2) is 0 Å². The predicted molar refractivity (Wildman–Crippen MR) is 169 cm³/mol. The largest absolute Gasteiger partial charge is 0.513 e. The van der Waals surface area contributed by atoms with Crippen LogP contribution in [0.15, 0.2) is 84.7 Å². The van der Waals surface area contributed by atoms with E-state index in [1.165, 1.54) is 5.56 Å². The summed E-state index contributed by atoms with van der Waals surface area (Å²) in [5.74, 6) is 0. The molecule has 0 amide bonds. The zero-order valence-corrected chi connectivity index (χ0v) is 24.7. The molecule has 0 aliphatic carbocycles. The third-order valence-electron chi connectivity index (χ3n) is 6.29. The van der Waals surface area contributed by atoms with E-state index in [4.69, 9.17) is 10.8 Å². The molecule has 0 atom stereocenters. The van der Waals surface area contributed by atoms with E-state index in [9.17, 15) is 0 Å². The Kier molecular flexibility index (Phi) is 12.6. The lowest BCUT2D eigenvalue weighted by molar-refractivity contribution is 0.0403. The second-order valence-electron chi connectivity index (χ2n) is 10.6. The molecular formula is C32H48N6O. The van der Waals surface area contributed by atoms with Crippen molar-refractivity contribution in [1.82, 2.24) is 21.0 Å². The number of hydrogen-bond acceptors (Lipinski definition) is 7. The van der Waals surface area contributed by atoms with Crippen molar-refractivity contribution in [2.24, 2.45) is 11.1 Å². The molecule has 0 spiro atoms. The maximum atomic E-state index is 8.85. The fourth-order valence-electron chi connectivity index (χ4n) is 4.14. The number of aromatic nitrogens is 2. The minimum atomic E-state index is 0. The molecule has 1 saturated heterocycles. The molecule has 39 heavy (non-hydrogen) atoms. The number of allylic oxidation sites excluding steroid dienone is 5. The first-order chi connectivity index (χ1) is 17.9. The number of aliphatic hydroxyl groups is 1. The number of hydrogen-bond donors (Lipinski definition) is 4. The first-order valence-electron chi connectivity index (χ1n) is 12.8. The Labute approximate surface area is 236 Å². The Balaban J connectivity index is 0.000000724. The molecule has 212 valence electrons. The number of nitrogens with one attached hydrogen (secondary N) is 1. The van der Waals surface area contributed by atoms with Gasteiger partial charge in [-0.1, -0.05) is 50.8 Å². The van der Waals surface area contributed by atoms with Crippen molar-refractivity contribution >= 4 is 17.0 Å². The first-order valence-corrected chi connectivity index (χ1v) is 12.8. The number of anilines is 1. The van der Waals surface area contributed by atoms with Gasteiger partial charge in [0.1, 0.15) is 6.26 Å². The number of rotatable bonds is 8. The molecule has 1 aliphatic heterocycles. The summed E-state index contributed by atoms with van der Waals surface area (Å²) in [4.78, 5) is 11.0. The molecule has 0 radical (unpaired) electrons. The molecule has 7 N–H and O–H groups in total. The molecule has 7 nitrogen and oxygen atoms in total. The third-order valence-corrected chi connectivity index (χ3v) is 6.29.